The van der Waals surface area contributed by atoms with Crippen LogP contribution >= 0.6 is 0 Å². The van der Waals surface area contributed by atoms with Crippen LogP contribution in [-0.4, -0.2) is 36.8 Å². The van der Waals surface area contributed by atoms with Crippen molar-refractivity contribution in [3.63, 3.8) is 0 Å². The van der Waals surface area contributed by atoms with Gasteiger partial charge in [-0.05, 0) is 69.5 Å². The highest BCUT2D eigenvalue weighted by atomic mass is 32.2. The maximum Gasteiger partial charge on any atom is 0.290 e. The predicted octanol–water partition coefficient (Wildman–Crippen LogP) is 4.09. The van der Waals surface area contributed by atoms with E-state index < -0.39 is 15.9 Å². The van der Waals surface area contributed by atoms with Gasteiger partial charge in [0.1, 0.15) is 17.1 Å². The SMILES string of the molecule is Cc1ccc(CN(C(=O)c2oc3cc(C)c(C)cc3c2C)[C@@H]2CCS(=O)(=O)C2)o1. The Hall–Kier alpha value is -2.54. The Bertz CT molecular complexity index is 1200. The van der Waals surface area contributed by atoms with E-state index >= 15 is 0 Å². The minimum Gasteiger partial charge on any atom is -0.464 e. The quantitative estimate of drug-likeness (QED) is 0.641. The standard InChI is InChI=1S/C22H25NO5S/c1-13-9-19-16(4)21(28-20(19)10-14(13)2)22(24)23(11-18-6-5-15(3)27-18)17-7-8-29(25,26)12-17/h5-6,9-10,17H,7-8,11-12H2,1-4H3/t17-/m1/s1. The monoisotopic (exact) mass is 415 g/mol. The normalized spacial score (nSPS) is 18.4. The zero-order chi connectivity index (χ0) is 20.9. The van der Waals surface area contributed by atoms with E-state index in [0.29, 0.717) is 17.8 Å². The van der Waals surface area contributed by atoms with Crippen LogP contribution in [0.15, 0.2) is 33.1 Å². The van der Waals surface area contributed by atoms with Gasteiger partial charge in [0, 0.05) is 17.0 Å². The Morgan fingerprint density at radius 2 is 1.83 bits per heavy atom. The van der Waals surface area contributed by atoms with Crippen molar-refractivity contribution < 1.29 is 22.0 Å². The summed E-state index contributed by atoms with van der Waals surface area (Å²) >= 11 is 0. The molecule has 154 valence electrons. The molecular weight excluding hydrogens is 390 g/mol. The Morgan fingerprint density at radius 1 is 1.10 bits per heavy atom. The number of carbonyl (C=O) groups is 1. The lowest BCUT2D eigenvalue weighted by Gasteiger charge is -2.26. The molecule has 1 aliphatic heterocycles. The number of hydrogen-bond donors (Lipinski definition) is 0. The number of furan rings is 2. The lowest BCUT2D eigenvalue weighted by atomic mass is 10.0. The molecular formula is C22H25NO5S. The Labute approximate surface area is 170 Å². The molecule has 0 aliphatic carbocycles. The molecule has 3 aromatic rings. The van der Waals surface area contributed by atoms with Crippen LogP contribution in [0.2, 0.25) is 0 Å². The summed E-state index contributed by atoms with van der Waals surface area (Å²) in [5.41, 5.74) is 3.66. The number of sulfone groups is 1. The van der Waals surface area contributed by atoms with Crippen molar-refractivity contribution in [2.45, 2.75) is 46.7 Å². The van der Waals surface area contributed by atoms with E-state index in [1.54, 1.807) is 4.90 Å². The third-order valence-electron chi connectivity index (χ3n) is 5.78. The first-order valence-electron chi connectivity index (χ1n) is 9.71. The third kappa shape index (κ3) is 3.71. The first kappa shape index (κ1) is 19.8. The number of rotatable bonds is 4. The minimum absolute atomic E-state index is 0.0318. The fourth-order valence-electron chi connectivity index (χ4n) is 3.94. The maximum absolute atomic E-state index is 13.5. The summed E-state index contributed by atoms with van der Waals surface area (Å²) in [4.78, 5) is 15.1. The molecule has 6 nitrogen and oxygen atoms in total. The molecule has 0 N–H and O–H groups in total. The van der Waals surface area contributed by atoms with E-state index in [4.69, 9.17) is 8.83 Å². The van der Waals surface area contributed by atoms with Gasteiger partial charge in [-0.15, -0.1) is 0 Å². The molecule has 7 heteroatoms. The molecule has 1 aliphatic rings. The summed E-state index contributed by atoms with van der Waals surface area (Å²) in [6.45, 7) is 7.94. The van der Waals surface area contributed by atoms with Gasteiger partial charge in [0.05, 0.1) is 18.1 Å². The van der Waals surface area contributed by atoms with Crippen LogP contribution in [0.5, 0.6) is 0 Å². The first-order chi connectivity index (χ1) is 13.6. The van der Waals surface area contributed by atoms with E-state index in [0.717, 1.165) is 27.8 Å². The number of fused-ring (bicyclic) bond motifs is 1. The minimum atomic E-state index is -3.14. The number of hydrogen-bond acceptors (Lipinski definition) is 5. The topological polar surface area (TPSA) is 80.7 Å². The molecule has 0 saturated carbocycles. The van der Waals surface area contributed by atoms with Crippen LogP contribution in [0.3, 0.4) is 0 Å². The van der Waals surface area contributed by atoms with Gasteiger partial charge >= 0.3 is 0 Å². The van der Waals surface area contributed by atoms with Gasteiger partial charge in [0.25, 0.3) is 5.91 Å². The van der Waals surface area contributed by atoms with E-state index in [9.17, 15) is 13.2 Å². The molecule has 0 unspecified atom stereocenters. The van der Waals surface area contributed by atoms with Gasteiger partial charge < -0.3 is 13.7 Å². The summed E-state index contributed by atoms with van der Waals surface area (Å²) in [5.74, 6) is 1.40. The lowest BCUT2D eigenvalue weighted by molar-refractivity contribution is 0.0634. The van der Waals surface area contributed by atoms with Crippen LogP contribution < -0.4 is 0 Å². The van der Waals surface area contributed by atoms with Crippen LogP contribution in [0, 0.1) is 27.7 Å². The molecule has 1 atom stereocenters. The second kappa shape index (κ2) is 7.06. The zero-order valence-electron chi connectivity index (χ0n) is 17.1. The number of benzene rings is 1. The smallest absolute Gasteiger partial charge is 0.290 e. The average Bonchev–Trinajstić information content (AvgIpc) is 3.31. The molecule has 0 radical (unpaired) electrons. The number of carbonyl (C=O) groups excluding carboxylic acids is 1. The second-order valence-electron chi connectivity index (χ2n) is 7.99. The van der Waals surface area contributed by atoms with Crippen LogP contribution in [0.1, 0.15) is 45.2 Å². The molecule has 2 aromatic heterocycles. The Kier molecular flexibility index (Phi) is 4.81. The van der Waals surface area contributed by atoms with E-state index in [2.05, 4.69) is 0 Å². The third-order valence-corrected chi connectivity index (χ3v) is 7.53. The van der Waals surface area contributed by atoms with Crippen LogP contribution in [-0.2, 0) is 16.4 Å². The van der Waals surface area contributed by atoms with Gasteiger partial charge in [-0.3, -0.25) is 4.79 Å². The van der Waals surface area contributed by atoms with Crippen molar-refractivity contribution in [2.75, 3.05) is 11.5 Å². The number of amides is 1. The largest absolute Gasteiger partial charge is 0.464 e. The van der Waals surface area contributed by atoms with Crippen LogP contribution in [0.4, 0.5) is 0 Å². The van der Waals surface area contributed by atoms with Gasteiger partial charge in [-0.1, -0.05) is 0 Å². The summed E-state index contributed by atoms with van der Waals surface area (Å²) in [6.07, 6.45) is 0.422. The molecule has 1 fully saturated rings. The van der Waals surface area contributed by atoms with Crippen molar-refractivity contribution >= 4 is 26.7 Å². The lowest BCUT2D eigenvalue weighted by Crippen LogP contribution is -2.40. The molecule has 0 spiro atoms. The fourth-order valence-corrected chi connectivity index (χ4v) is 5.67. The van der Waals surface area contributed by atoms with E-state index in [1.165, 1.54) is 0 Å². The van der Waals surface area contributed by atoms with E-state index in [-0.39, 0.29) is 29.7 Å². The van der Waals surface area contributed by atoms with Crippen molar-refractivity contribution in [2.24, 2.45) is 0 Å². The van der Waals surface area contributed by atoms with Gasteiger partial charge in [0.15, 0.2) is 15.6 Å². The second-order valence-corrected chi connectivity index (χ2v) is 10.2. The van der Waals surface area contributed by atoms with Crippen molar-refractivity contribution in [3.8, 4) is 0 Å². The van der Waals surface area contributed by atoms with Crippen LogP contribution in [0.25, 0.3) is 11.0 Å². The fraction of sp³-hybridized carbons (Fsp3) is 0.409. The summed E-state index contributed by atoms with van der Waals surface area (Å²) < 4.78 is 35.7. The van der Waals surface area contributed by atoms with Crippen molar-refractivity contribution in [3.05, 3.63) is 58.2 Å². The summed E-state index contributed by atoms with van der Waals surface area (Å²) in [5, 5.41) is 0.907. The summed E-state index contributed by atoms with van der Waals surface area (Å²) in [6, 6.07) is 7.22. The highest BCUT2D eigenvalue weighted by Gasteiger charge is 2.37. The maximum atomic E-state index is 13.5. The van der Waals surface area contributed by atoms with Gasteiger partial charge in [-0.25, -0.2) is 8.42 Å². The molecule has 29 heavy (non-hydrogen) atoms. The Morgan fingerprint density at radius 3 is 2.45 bits per heavy atom. The molecule has 3 heterocycles. The highest BCUT2D eigenvalue weighted by Crippen LogP contribution is 2.31. The zero-order valence-corrected chi connectivity index (χ0v) is 17.9. The molecule has 1 saturated heterocycles. The highest BCUT2D eigenvalue weighted by molar-refractivity contribution is 7.91. The van der Waals surface area contributed by atoms with Crippen molar-refractivity contribution in [1.82, 2.24) is 4.90 Å². The molecule has 0 bridgehead atoms. The predicted molar refractivity (Wildman–Crippen MR) is 111 cm³/mol. The average molecular weight is 416 g/mol. The molecule has 1 amide bonds. The Balaban J connectivity index is 1.74. The first-order valence-corrected chi connectivity index (χ1v) is 11.5. The number of nitrogens with zero attached hydrogens (tertiary/aromatic N) is 1. The van der Waals surface area contributed by atoms with Gasteiger partial charge in [-0.2, -0.15) is 0 Å². The van der Waals surface area contributed by atoms with Crippen molar-refractivity contribution in [1.29, 1.82) is 0 Å². The molecule has 1 aromatic carbocycles. The van der Waals surface area contributed by atoms with E-state index in [1.807, 2.05) is 52.0 Å². The number of aryl methyl sites for hydroxylation is 4. The summed E-state index contributed by atoms with van der Waals surface area (Å²) in [7, 11) is -3.14. The van der Waals surface area contributed by atoms with Gasteiger partial charge in [0.2, 0.25) is 0 Å². The molecule has 4 rings (SSSR count).